The van der Waals surface area contributed by atoms with Crippen molar-refractivity contribution in [2.24, 2.45) is 23.2 Å². The fraction of sp³-hybridized carbons (Fsp3) is 0.560. The van der Waals surface area contributed by atoms with Crippen LogP contribution in [0.2, 0.25) is 0 Å². The predicted molar refractivity (Wildman–Crippen MR) is 125 cm³/mol. The van der Waals surface area contributed by atoms with Crippen LogP contribution in [0.1, 0.15) is 50.1 Å². The molecule has 1 N–H and O–H groups in total. The van der Waals surface area contributed by atoms with Crippen molar-refractivity contribution in [1.82, 2.24) is 14.9 Å². The third-order valence-corrected chi connectivity index (χ3v) is 8.76. The van der Waals surface area contributed by atoms with Gasteiger partial charge in [0, 0.05) is 48.3 Å². The van der Waals surface area contributed by atoms with Gasteiger partial charge in [0.05, 0.1) is 11.8 Å². The first-order valence-corrected chi connectivity index (χ1v) is 12.0. The summed E-state index contributed by atoms with van der Waals surface area (Å²) < 4.78 is 0. The van der Waals surface area contributed by atoms with Crippen LogP contribution < -0.4 is 0 Å². The third kappa shape index (κ3) is 3.85. The summed E-state index contributed by atoms with van der Waals surface area (Å²) in [4.78, 5) is 25.2. The molecule has 2 aliphatic rings. The maximum Gasteiger partial charge on any atom is 0.225 e. The lowest BCUT2D eigenvalue weighted by Gasteiger charge is -2.53. The summed E-state index contributed by atoms with van der Waals surface area (Å²) in [6.07, 6.45) is 7.71. The van der Waals surface area contributed by atoms with Crippen LogP contribution in [0.3, 0.4) is 0 Å². The maximum absolute atomic E-state index is 12.9. The van der Waals surface area contributed by atoms with E-state index in [2.05, 4.69) is 31.5 Å². The van der Waals surface area contributed by atoms with Gasteiger partial charge in [0.15, 0.2) is 0 Å². The Morgan fingerprint density at radius 1 is 1.52 bits per heavy atom. The maximum atomic E-state index is 12.9. The third-order valence-electron chi connectivity index (χ3n) is 7.64. The first-order valence-electron chi connectivity index (χ1n) is 11.2. The predicted octanol–water partition coefficient (Wildman–Crippen LogP) is 4.54. The van der Waals surface area contributed by atoms with Crippen molar-refractivity contribution in [3.05, 3.63) is 47.8 Å². The number of pyridine rings is 1. The highest BCUT2D eigenvalue weighted by Gasteiger charge is 2.54. The van der Waals surface area contributed by atoms with Crippen molar-refractivity contribution in [3.8, 4) is 10.6 Å². The van der Waals surface area contributed by atoms with Crippen LogP contribution in [0, 0.1) is 23.2 Å². The molecule has 1 saturated carbocycles. The second kappa shape index (κ2) is 8.47. The van der Waals surface area contributed by atoms with Gasteiger partial charge in [-0.2, -0.15) is 0 Å². The quantitative estimate of drug-likeness (QED) is 0.695. The number of hydrogen-bond acceptors (Lipinski definition) is 5. The number of carbonyl (C=O) groups excluding carboxylic acids is 1. The van der Waals surface area contributed by atoms with Gasteiger partial charge in [-0.3, -0.25) is 9.78 Å². The molecule has 6 atom stereocenters. The minimum absolute atomic E-state index is 0.0247. The SMILES string of the molecule is C=CCN(C)C(=O)[C@@H](C)[C@H]1CC[C@@]2(C)Cc3sc(-c4cccnc4)nc3[C@@H](C)[C@@H]2[C@H]1O. The molecule has 0 bridgehead atoms. The van der Waals surface area contributed by atoms with Crippen molar-refractivity contribution >= 4 is 17.2 Å². The van der Waals surface area contributed by atoms with E-state index >= 15 is 0 Å². The molecule has 0 unspecified atom stereocenters. The van der Waals surface area contributed by atoms with Gasteiger partial charge >= 0.3 is 0 Å². The first kappa shape index (κ1) is 22.2. The highest BCUT2D eigenvalue weighted by atomic mass is 32.1. The average molecular weight is 440 g/mol. The lowest BCUT2D eigenvalue weighted by atomic mass is 9.53. The van der Waals surface area contributed by atoms with Gasteiger partial charge < -0.3 is 10.0 Å². The zero-order valence-electron chi connectivity index (χ0n) is 18.9. The van der Waals surface area contributed by atoms with Crippen LogP contribution in [0.4, 0.5) is 0 Å². The number of thiazole rings is 1. The number of rotatable bonds is 5. The number of aromatic nitrogens is 2. The molecule has 0 aromatic carbocycles. The molecule has 0 saturated heterocycles. The summed E-state index contributed by atoms with van der Waals surface area (Å²) >= 11 is 1.77. The summed E-state index contributed by atoms with van der Waals surface area (Å²) in [6.45, 7) is 10.8. The molecule has 0 aliphatic heterocycles. The normalized spacial score (nSPS) is 30.7. The number of aliphatic hydroxyl groups is 1. The molecule has 2 aliphatic carbocycles. The van der Waals surface area contributed by atoms with Gasteiger partial charge in [0.25, 0.3) is 0 Å². The summed E-state index contributed by atoms with van der Waals surface area (Å²) in [5.74, 6) is 0.103. The standard InChI is InChI=1S/C25H33N3O2S/c1-6-12-28(5)24(30)15(2)18-9-10-25(4)13-19-21(16(3)20(25)22(18)29)27-23(31-19)17-8-7-11-26-14-17/h6-8,11,14-16,18,20,22,29H,1,9-10,12-13H2,2-5H3/t15-,16-,18+,20+,22-,25-/m0/s1. The molecular formula is C25H33N3O2S. The van der Waals surface area contributed by atoms with Crippen LogP contribution in [0.25, 0.3) is 10.6 Å². The topological polar surface area (TPSA) is 66.3 Å². The van der Waals surface area contributed by atoms with Crippen LogP contribution >= 0.6 is 11.3 Å². The fourth-order valence-corrected chi connectivity index (χ4v) is 7.33. The van der Waals surface area contributed by atoms with Gasteiger partial charge in [-0.1, -0.05) is 26.8 Å². The largest absolute Gasteiger partial charge is 0.392 e. The molecule has 1 fully saturated rings. The lowest BCUT2D eigenvalue weighted by Crippen LogP contribution is -2.53. The van der Waals surface area contributed by atoms with Crippen LogP contribution in [0.15, 0.2) is 37.2 Å². The van der Waals surface area contributed by atoms with E-state index in [1.54, 1.807) is 28.5 Å². The van der Waals surface area contributed by atoms with E-state index in [1.165, 1.54) is 4.88 Å². The molecular weight excluding hydrogens is 406 g/mol. The average Bonchev–Trinajstić information content (AvgIpc) is 3.17. The number of nitrogens with zero attached hydrogens (tertiary/aromatic N) is 3. The van der Waals surface area contributed by atoms with E-state index in [9.17, 15) is 9.90 Å². The fourth-order valence-electron chi connectivity index (χ4n) is 5.97. The monoisotopic (exact) mass is 439 g/mol. The molecule has 2 aromatic heterocycles. The highest BCUT2D eigenvalue weighted by molar-refractivity contribution is 7.15. The molecule has 0 spiro atoms. The Balaban J connectivity index is 1.61. The summed E-state index contributed by atoms with van der Waals surface area (Å²) in [5, 5.41) is 12.6. The van der Waals surface area contributed by atoms with E-state index in [-0.39, 0.29) is 35.0 Å². The molecule has 5 nitrogen and oxygen atoms in total. The van der Waals surface area contributed by atoms with E-state index in [1.807, 2.05) is 26.2 Å². The summed E-state index contributed by atoms with van der Waals surface area (Å²) in [6, 6.07) is 3.99. The molecule has 4 rings (SSSR count). The molecule has 0 radical (unpaired) electrons. The van der Waals surface area contributed by atoms with Gasteiger partial charge in [-0.25, -0.2) is 4.98 Å². The van der Waals surface area contributed by atoms with E-state index in [0.29, 0.717) is 6.54 Å². The molecule has 1 amide bonds. The second-order valence-corrected chi connectivity index (χ2v) is 10.8. The number of carbonyl (C=O) groups is 1. The number of likely N-dealkylation sites (N-methyl/N-ethyl adjacent to an activating group) is 1. The Labute approximate surface area is 189 Å². The summed E-state index contributed by atoms with van der Waals surface area (Å²) in [7, 11) is 1.81. The van der Waals surface area contributed by atoms with E-state index in [4.69, 9.17) is 4.98 Å². The zero-order valence-corrected chi connectivity index (χ0v) is 19.7. The van der Waals surface area contributed by atoms with Crippen molar-refractivity contribution in [1.29, 1.82) is 0 Å². The first-order chi connectivity index (χ1) is 14.8. The van der Waals surface area contributed by atoms with Crippen molar-refractivity contribution in [2.45, 2.75) is 52.1 Å². The van der Waals surface area contributed by atoms with Crippen molar-refractivity contribution in [3.63, 3.8) is 0 Å². The Hall–Kier alpha value is -2.05. The van der Waals surface area contributed by atoms with Gasteiger partial charge in [-0.05, 0) is 48.6 Å². The Morgan fingerprint density at radius 2 is 2.29 bits per heavy atom. The molecule has 166 valence electrons. The lowest BCUT2D eigenvalue weighted by molar-refractivity contribution is -0.143. The smallest absolute Gasteiger partial charge is 0.225 e. The minimum atomic E-state index is -0.512. The zero-order chi connectivity index (χ0) is 22.3. The number of hydrogen-bond donors (Lipinski definition) is 1. The second-order valence-electron chi connectivity index (χ2n) is 9.70. The van der Waals surface area contributed by atoms with Crippen molar-refractivity contribution in [2.75, 3.05) is 13.6 Å². The van der Waals surface area contributed by atoms with E-state index < -0.39 is 6.10 Å². The number of aliphatic hydroxyl groups excluding tert-OH is 1. The van der Waals surface area contributed by atoms with Gasteiger partial charge in [0.1, 0.15) is 5.01 Å². The number of fused-ring (bicyclic) bond motifs is 2. The van der Waals surface area contributed by atoms with E-state index in [0.717, 1.165) is 35.5 Å². The minimum Gasteiger partial charge on any atom is -0.392 e. The Bertz CT molecular complexity index is 959. The van der Waals surface area contributed by atoms with Crippen LogP contribution in [-0.2, 0) is 11.2 Å². The highest BCUT2D eigenvalue weighted by Crippen LogP contribution is 2.57. The Kier molecular flexibility index (Phi) is 6.05. The van der Waals surface area contributed by atoms with Gasteiger partial charge in [-0.15, -0.1) is 17.9 Å². The molecule has 2 aromatic rings. The summed E-state index contributed by atoms with van der Waals surface area (Å²) in [5.41, 5.74) is 2.19. The van der Waals surface area contributed by atoms with Crippen LogP contribution in [-0.4, -0.2) is 45.6 Å². The van der Waals surface area contributed by atoms with Crippen molar-refractivity contribution < 1.29 is 9.90 Å². The van der Waals surface area contributed by atoms with Crippen LogP contribution in [0.5, 0.6) is 0 Å². The molecule has 6 heteroatoms. The molecule has 31 heavy (non-hydrogen) atoms. The molecule has 2 heterocycles. The Morgan fingerprint density at radius 3 is 2.97 bits per heavy atom. The number of amides is 1. The van der Waals surface area contributed by atoms with Gasteiger partial charge in [0.2, 0.25) is 5.91 Å².